The predicted octanol–water partition coefficient (Wildman–Crippen LogP) is 5.12. The smallest absolute Gasteiger partial charge is 0.139 e. The monoisotopic (exact) mass is 382 g/mol. The van der Waals surface area contributed by atoms with Crippen LogP contribution < -0.4 is 0 Å². The van der Waals surface area contributed by atoms with Gasteiger partial charge in [0.05, 0.1) is 11.5 Å². The summed E-state index contributed by atoms with van der Waals surface area (Å²) in [4.78, 5) is 14.5. The summed E-state index contributed by atoms with van der Waals surface area (Å²) in [6.07, 6.45) is 10.8. The molecule has 4 aliphatic rings. The highest BCUT2D eigenvalue weighted by Crippen LogP contribution is 2.67. The minimum Gasteiger partial charge on any atom is -0.389 e. The Labute approximate surface area is 166 Å². The Morgan fingerprint density at radius 3 is 2.81 bits per heavy atom. The summed E-state index contributed by atoms with van der Waals surface area (Å²) in [5.41, 5.74) is -0.800. The van der Waals surface area contributed by atoms with Gasteiger partial charge in [0.1, 0.15) is 5.78 Å². The Bertz CT molecular complexity index is 755. The summed E-state index contributed by atoms with van der Waals surface area (Å²) < 4.78 is 0. The summed E-state index contributed by atoms with van der Waals surface area (Å²) in [7, 11) is 0. The third-order valence-corrected chi connectivity index (χ3v) is 9.33. The maximum Gasteiger partial charge on any atom is 0.139 e. The van der Waals surface area contributed by atoms with Crippen molar-refractivity contribution < 1.29 is 9.90 Å². The number of carbonyl (C=O) groups is 1. The molecule has 2 nitrogen and oxygen atoms in total. The molecule has 3 heteroatoms. The zero-order valence-electron chi connectivity index (χ0n) is 16.1. The van der Waals surface area contributed by atoms with Gasteiger partial charge in [0.25, 0.3) is 0 Å². The molecule has 4 aliphatic carbocycles. The zero-order chi connectivity index (χ0) is 18.6. The third kappa shape index (κ3) is 2.84. The second-order valence-corrected chi connectivity index (χ2v) is 10.8. The molecular weight excluding hydrogens is 352 g/mol. The molecule has 27 heavy (non-hydrogen) atoms. The number of thioether (sulfide) groups is 1. The summed E-state index contributed by atoms with van der Waals surface area (Å²) in [6, 6.07) is 10.6. The minimum absolute atomic E-state index is 0.0360. The lowest BCUT2D eigenvalue weighted by Gasteiger charge is -2.57. The van der Waals surface area contributed by atoms with Crippen molar-refractivity contribution in [1.29, 1.82) is 0 Å². The molecule has 0 unspecified atom stereocenters. The Morgan fingerprint density at radius 1 is 1.19 bits per heavy atom. The van der Waals surface area contributed by atoms with Crippen molar-refractivity contribution in [2.75, 3.05) is 5.75 Å². The van der Waals surface area contributed by atoms with E-state index in [0.717, 1.165) is 37.9 Å². The van der Waals surface area contributed by atoms with Gasteiger partial charge in [-0.3, -0.25) is 4.79 Å². The maximum absolute atomic E-state index is 13.2. The number of ketones is 1. The van der Waals surface area contributed by atoms with Crippen molar-refractivity contribution in [2.24, 2.45) is 35.0 Å². The van der Waals surface area contributed by atoms with Crippen LogP contribution in [0.1, 0.15) is 45.4 Å². The largest absolute Gasteiger partial charge is 0.389 e. The molecular formula is C24H30O2S. The fourth-order valence-electron chi connectivity index (χ4n) is 7.31. The number of rotatable bonds is 3. The van der Waals surface area contributed by atoms with E-state index >= 15 is 0 Å². The molecule has 7 atom stereocenters. The number of carbonyl (C=O) groups excluding carboxylic acids is 1. The number of aliphatic hydroxyl groups is 1. The van der Waals surface area contributed by atoms with Crippen LogP contribution in [0.5, 0.6) is 0 Å². The lowest BCUT2D eigenvalue weighted by molar-refractivity contribution is -0.178. The van der Waals surface area contributed by atoms with E-state index in [4.69, 9.17) is 0 Å². The Balaban J connectivity index is 1.41. The van der Waals surface area contributed by atoms with Gasteiger partial charge < -0.3 is 5.11 Å². The Kier molecular flexibility index (Phi) is 4.32. The third-order valence-electron chi connectivity index (χ3n) is 8.13. The molecule has 5 rings (SSSR count). The Morgan fingerprint density at radius 2 is 2.00 bits per heavy atom. The lowest BCUT2D eigenvalue weighted by Crippen LogP contribution is -2.61. The second kappa shape index (κ2) is 6.49. The van der Waals surface area contributed by atoms with Gasteiger partial charge in [-0.15, -0.1) is 11.8 Å². The van der Waals surface area contributed by atoms with E-state index in [-0.39, 0.29) is 17.3 Å². The fourth-order valence-corrected chi connectivity index (χ4v) is 8.46. The van der Waals surface area contributed by atoms with Gasteiger partial charge in [-0.05, 0) is 80.2 Å². The highest BCUT2D eigenvalue weighted by atomic mass is 32.2. The van der Waals surface area contributed by atoms with Crippen molar-refractivity contribution in [1.82, 2.24) is 0 Å². The number of benzene rings is 1. The first-order valence-electron chi connectivity index (χ1n) is 10.6. The van der Waals surface area contributed by atoms with Crippen molar-refractivity contribution in [3.05, 3.63) is 42.5 Å². The SMILES string of the molecule is C[C@]1(O)[C@H]2CCC=C[C@H]2C[C@@]23C[C@@H](CSc4ccccc4)[C@@H](CC(=O)[C@@H]21)C3. The van der Waals surface area contributed by atoms with Crippen LogP contribution in [0, 0.1) is 35.0 Å². The number of Topliss-reactive ketones (excluding diaryl/α,β-unsaturated/α-hetero) is 1. The molecule has 0 heterocycles. The number of hydrogen-bond acceptors (Lipinski definition) is 3. The van der Waals surface area contributed by atoms with Gasteiger partial charge in [0.2, 0.25) is 0 Å². The van der Waals surface area contributed by atoms with Crippen molar-refractivity contribution >= 4 is 17.5 Å². The van der Waals surface area contributed by atoms with Crippen molar-refractivity contribution in [3.63, 3.8) is 0 Å². The Hall–Kier alpha value is -1.06. The molecule has 1 spiro atoms. The van der Waals surface area contributed by atoms with Gasteiger partial charge in [-0.25, -0.2) is 0 Å². The van der Waals surface area contributed by atoms with Gasteiger partial charge in [-0.2, -0.15) is 0 Å². The van der Waals surface area contributed by atoms with E-state index < -0.39 is 5.60 Å². The molecule has 3 saturated carbocycles. The molecule has 1 aromatic rings. The molecule has 0 aliphatic heterocycles. The van der Waals surface area contributed by atoms with Gasteiger partial charge in [-0.1, -0.05) is 30.4 Å². The van der Waals surface area contributed by atoms with Gasteiger partial charge in [0.15, 0.2) is 0 Å². The van der Waals surface area contributed by atoms with Crippen LogP contribution in [0.2, 0.25) is 0 Å². The van der Waals surface area contributed by atoms with Crippen molar-refractivity contribution in [3.8, 4) is 0 Å². The average molecular weight is 383 g/mol. The predicted molar refractivity (Wildman–Crippen MR) is 110 cm³/mol. The summed E-state index contributed by atoms with van der Waals surface area (Å²) >= 11 is 1.94. The summed E-state index contributed by atoms with van der Waals surface area (Å²) in [5, 5.41) is 11.6. The number of allylic oxidation sites excluding steroid dienone is 2. The average Bonchev–Trinajstić information content (AvgIpc) is 2.91. The van der Waals surface area contributed by atoms with Crippen LogP contribution >= 0.6 is 11.8 Å². The topological polar surface area (TPSA) is 37.3 Å². The molecule has 1 aromatic carbocycles. The maximum atomic E-state index is 13.2. The first-order chi connectivity index (χ1) is 13.0. The van der Waals surface area contributed by atoms with E-state index in [1.165, 1.54) is 4.90 Å². The van der Waals surface area contributed by atoms with E-state index in [9.17, 15) is 9.90 Å². The van der Waals surface area contributed by atoms with Crippen LogP contribution in [0.15, 0.2) is 47.4 Å². The van der Waals surface area contributed by atoms with Crippen LogP contribution in [-0.2, 0) is 4.79 Å². The van der Waals surface area contributed by atoms with E-state index in [1.54, 1.807) is 0 Å². The van der Waals surface area contributed by atoms with E-state index in [2.05, 4.69) is 42.5 Å². The van der Waals surface area contributed by atoms with Gasteiger partial charge in [0, 0.05) is 17.1 Å². The van der Waals surface area contributed by atoms with E-state index in [0.29, 0.717) is 30.0 Å². The van der Waals surface area contributed by atoms with Crippen LogP contribution in [0.25, 0.3) is 0 Å². The zero-order valence-corrected chi connectivity index (χ0v) is 17.0. The first-order valence-corrected chi connectivity index (χ1v) is 11.6. The fraction of sp³-hybridized carbons (Fsp3) is 0.625. The molecule has 3 fully saturated rings. The van der Waals surface area contributed by atoms with Crippen molar-refractivity contribution in [2.45, 2.75) is 55.9 Å². The number of hydrogen-bond donors (Lipinski definition) is 1. The summed E-state index contributed by atoms with van der Waals surface area (Å²) in [5.74, 6) is 3.15. The first kappa shape index (κ1) is 18.0. The van der Waals surface area contributed by atoms with Gasteiger partial charge >= 0.3 is 0 Å². The van der Waals surface area contributed by atoms with Crippen LogP contribution in [-0.4, -0.2) is 22.2 Å². The lowest BCUT2D eigenvalue weighted by atomic mass is 9.48. The highest BCUT2D eigenvalue weighted by Gasteiger charge is 2.66. The van der Waals surface area contributed by atoms with Crippen LogP contribution in [0.3, 0.4) is 0 Å². The molecule has 0 aromatic heterocycles. The summed E-state index contributed by atoms with van der Waals surface area (Å²) in [6.45, 7) is 1.99. The molecule has 2 bridgehead atoms. The normalized spacial score (nSPS) is 45.4. The molecule has 144 valence electrons. The van der Waals surface area contributed by atoms with Crippen LogP contribution in [0.4, 0.5) is 0 Å². The molecule has 0 radical (unpaired) electrons. The number of fused-ring (bicyclic) bond motifs is 2. The molecule has 0 saturated heterocycles. The minimum atomic E-state index is -0.836. The molecule has 1 N–H and O–H groups in total. The standard InChI is InChI=1S/C24H30O2S/c1-23(26)20-10-6-5-7-16(20)12-24-13-17(11-21(25)22(23)24)18(14-24)15-27-19-8-3-2-4-9-19/h2-5,7-9,16-18,20,22,26H,6,10-15H2,1H3/t16-,17-,18-,20-,22+,23-,24+/m0/s1. The second-order valence-electron chi connectivity index (χ2n) is 9.72. The highest BCUT2D eigenvalue weighted by molar-refractivity contribution is 7.99. The van der Waals surface area contributed by atoms with E-state index in [1.807, 2.05) is 18.7 Å². The quantitative estimate of drug-likeness (QED) is 0.582. The molecule has 0 amide bonds.